The maximum atomic E-state index is 9.89. The number of ketones is 1. The molecule has 1 aliphatic carbocycles. The molecule has 0 amide bonds. The molecule has 1 aliphatic rings. The zero-order valence-corrected chi connectivity index (χ0v) is 8.02. The van der Waals surface area contributed by atoms with Gasteiger partial charge in [0.2, 0.25) is 0 Å². The monoisotopic (exact) mass is 156 g/mol. The van der Waals surface area contributed by atoms with Crippen molar-refractivity contribution in [3.8, 4) is 0 Å². The number of hydrogen-bond donors (Lipinski definition) is 0. The van der Waals surface area contributed by atoms with E-state index < -0.39 is 0 Å². The number of carbonyl (C=O) groups excluding carboxylic acids is 1. The van der Waals surface area contributed by atoms with Gasteiger partial charge in [-0.2, -0.15) is 0 Å². The lowest BCUT2D eigenvalue weighted by Crippen LogP contribution is -1.66. The third kappa shape index (κ3) is 7.57. The molecule has 0 spiro atoms. The van der Waals surface area contributed by atoms with Gasteiger partial charge in [-0.05, 0) is 0 Å². The molecule has 0 saturated heterocycles. The van der Waals surface area contributed by atoms with Crippen molar-refractivity contribution in [1.82, 2.24) is 0 Å². The Labute approximate surface area is 70.2 Å². The van der Waals surface area contributed by atoms with E-state index in [9.17, 15) is 4.79 Å². The van der Waals surface area contributed by atoms with Gasteiger partial charge >= 0.3 is 0 Å². The summed E-state index contributed by atoms with van der Waals surface area (Å²) in [5.74, 6) is 0.833. The van der Waals surface area contributed by atoms with Crippen LogP contribution >= 0.6 is 0 Å². The van der Waals surface area contributed by atoms with E-state index in [0.717, 1.165) is 6.42 Å². The van der Waals surface area contributed by atoms with Crippen LogP contribution in [0.3, 0.4) is 0 Å². The van der Waals surface area contributed by atoms with Gasteiger partial charge in [-0.15, -0.1) is 0 Å². The summed E-state index contributed by atoms with van der Waals surface area (Å²) in [7, 11) is 0. The van der Waals surface area contributed by atoms with Crippen LogP contribution in [0.4, 0.5) is 0 Å². The van der Waals surface area contributed by atoms with Gasteiger partial charge in [-0.1, -0.05) is 46.5 Å². The van der Waals surface area contributed by atoms with Gasteiger partial charge in [-0.3, -0.25) is 4.79 Å². The van der Waals surface area contributed by atoms with E-state index in [-0.39, 0.29) is 0 Å². The summed E-state index contributed by atoms with van der Waals surface area (Å²) in [5, 5.41) is 0. The first-order chi connectivity index (χ1) is 5.22. The second-order valence-electron chi connectivity index (χ2n) is 3.28. The van der Waals surface area contributed by atoms with Crippen molar-refractivity contribution in [2.75, 3.05) is 0 Å². The largest absolute Gasteiger partial charge is 0.299 e. The quantitative estimate of drug-likeness (QED) is 0.573. The van der Waals surface area contributed by atoms with Crippen molar-refractivity contribution in [2.24, 2.45) is 5.92 Å². The molecule has 1 heteroatoms. The molecule has 1 fully saturated rings. The Kier molecular flexibility index (Phi) is 6.19. The van der Waals surface area contributed by atoms with Gasteiger partial charge in [-0.25, -0.2) is 0 Å². The molecule has 1 atom stereocenters. The van der Waals surface area contributed by atoms with Gasteiger partial charge in [0.15, 0.2) is 0 Å². The van der Waals surface area contributed by atoms with Crippen LogP contribution in [0.2, 0.25) is 0 Å². The Morgan fingerprint density at radius 3 is 1.64 bits per heavy atom. The lowest BCUT2D eigenvalue weighted by atomic mass is 10.2. The van der Waals surface area contributed by atoms with Crippen LogP contribution < -0.4 is 0 Å². The average Bonchev–Trinajstić information content (AvgIpc) is 2.62. The van der Waals surface area contributed by atoms with Crippen molar-refractivity contribution in [3.63, 3.8) is 0 Å². The van der Waals surface area contributed by atoms with E-state index in [4.69, 9.17) is 0 Å². The minimum atomic E-state index is 0.412. The summed E-state index contributed by atoms with van der Waals surface area (Å²) in [4.78, 5) is 9.89. The molecular weight excluding hydrogens is 136 g/mol. The molecule has 0 aromatic heterocycles. The van der Waals surface area contributed by atoms with Crippen molar-refractivity contribution < 1.29 is 4.79 Å². The number of Topliss-reactive ketones (excluding diaryl/α,β-unsaturated/α-hetero) is 1. The summed E-state index contributed by atoms with van der Waals surface area (Å²) in [6.45, 7) is 6.41. The molecule has 1 unspecified atom stereocenters. The highest BCUT2D eigenvalue weighted by molar-refractivity contribution is 5.95. The second-order valence-corrected chi connectivity index (χ2v) is 3.28. The smallest absolute Gasteiger partial charge is 0.136 e. The third-order valence-corrected chi connectivity index (χ3v) is 1.85. The molecule has 0 aromatic rings. The predicted octanol–water partition coefficient (Wildman–Crippen LogP) is 3.18. The summed E-state index contributed by atoms with van der Waals surface area (Å²) < 4.78 is 0. The van der Waals surface area contributed by atoms with Gasteiger partial charge in [0.25, 0.3) is 0 Å². The number of unbranched alkanes of at least 4 members (excludes halogenated alkanes) is 3. The molecule has 66 valence electrons. The van der Waals surface area contributed by atoms with Crippen LogP contribution in [0.1, 0.15) is 52.9 Å². The summed E-state index contributed by atoms with van der Waals surface area (Å²) >= 11 is 0. The highest BCUT2D eigenvalue weighted by atomic mass is 16.1. The molecule has 0 heterocycles. The second kappa shape index (κ2) is 6.38. The molecule has 11 heavy (non-hydrogen) atoms. The Morgan fingerprint density at radius 1 is 1.27 bits per heavy atom. The van der Waals surface area contributed by atoms with Crippen molar-refractivity contribution in [1.29, 1.82) is 0 Å². The minimum Gasteiger partial charge on any atom is -0.299 e. The van der Waals surface area contributed by atoms with Crippen LogP contribution in [-0.2, 0) is 4.79 Å². The molecule has 0 N–H and O–H groups in total. The van der Waals surface area contributed by atoms with E-state index in [1.807, 2.05) is 6.92 Å². The summed E-state index contributed by atoms with van der Waals surface area (Å²) in [6, 6.07) is 0. The fourth-order valence-electron chi connectivity index (χ4n) is 0.743. The van der Waals surface area contributed by atoms with E-state index in [0.29, 0.717) is 11.7 Å². The predicted molar refractivity (Wildman–Crippen MR) is 48.6 cm³/mol. The van der Waals surface area contributed by atoms with Crippen LogP contribution in [0, 0.1) is 5.92 Å². The molecule has 0 aromatic carbocycles. The van der Waals surface area contributed by atoms with Gasteiger partial charge in [0.05, 0.1) is 0 Å². The van der Waals surface area contributed by atoms with Gasteiger partial charge in [0, 0.05) is 12.3 Å². The SMILES string of the molecule is CC1CC1=O.CCCCCC. The van der Waals surface area contributed by atoms with Crippen LogP contribution in [0.5, 0.6) is 0 Å². The average molecular weight is 156 g/mol. The van der Waals surface area contributed by atoms with E-state index in [1.165, 1.54) is 25.7 Å². The van der Waals surface area contributed by atoms with Gasteiger partial charge < -0.3 is 0 Å². The molecule has 1 rings (SSSR count). The first-order valence-electron chi connectivity index (χ1n) is 4.75. The standard InChI is InChI=1S/C6H14.C4H6O/c1-3-5-6-4-2;1-3-2-4(3)5/h3-6H2,1-2H3;3H,2H2,1H3. The Hall–Kier alpha value is -0.330. The summed E-state index contributed by atoms with van der Waals surface area (Å²) in [6.07, 6.45) is 6.37. The normalized spacial score (nSPS) is 20.6. The van der Waals surface area contributed by atoms with E-state index in [1.54, 1.807) is 0 Å². The minimum absolute atomic E-state index is 0.412. The fraction of sp³-hybridized carbons (Fsp3) is 0.900. The van der Waals surface area contributed by atoms with E-state index in [2.05, 4.69) is 13.8 Å². The maximum absolute atomic E-state index is 9.89. The van der Waals surface area contributed by atoms with Crippen molar-refractivity contribution >= 4 is 5.78 Å². The zero-order valence-electron chi connectivity index (χ0n) is 8.02. The molecule has 0 radical (unpaired) electrons. The van der Waals surface area contributed by atoms with Crippen LogP contribution in [0.15, 0.2) is 0 Å². The zero-order chi connectivity index (χ0) is 8.69. The first-order valence-corrected chi connectivity index (χ1v) is 4.75. The molecule has 1 saturated carbocycles. The molecule has 1 nitrogen and oxygen atoms in total. The Morgan fingerprint density at radius 2 is 1.55 bits per heavy atom. The molecular formula is C10H20O. The fourth-order valence-corrected chi connectivity index (χ4v) is 0.743. The number of rotatable bonds is 3. The lowest BCUT2D eigenvalue weighted by molar-refractivity contribution is -0.110. The summed E-state index contributed by atoms with van der Waals surface area (Å²) in [5.41, 5.74) is 0. The Balaban J connectivity index is 0.000000183. The topological polar surface area (TPSA) is 17.1 Å². The maximum Gasteiger partial charge on any atom is 0.136 e. The van der Waals surface area contributed by atoms with Crippen LogP contribution in [-0.4, -0.2) is 5.78 Å². The van der Waals surface area contributed by atoms with E-state index >= 15 is 0 Å². The number of hydrogen-bond acceptors (Lipinski definition) is 1. The highest BCUT2D eigenvalue weighted by Crippen LogP contribution is 2.21. The Bertz CT molecular complexity index is 103. The van der Waals surface area contributed by atoms with Crippen LogP contribution in [0.25, 0.3) is 0 Å². The van der Waals surface area contributed by atoms with Crippen molar-refractivity contribution in [3.05, 3.63) is 0 Å². The third-order valence-electron chi connectivity index (χ3n) is 1.85. The highest BCUT2D eigenvalue weighted by Gasteiger charge is 2.28. The number of carbonyl (C=O) groups is 1. The lowest BCUT2D eigenvalue weighted by Gasteiger charge is -1.86. The molecule has 0 aliphatic heterocycles. The first kappa shape index (κ1) is 10.7. The molecule has 0 bridgehead atoms. The van der Waals surface area contributed by atoms with Crippen molar-refractivity contribution in [2.45, 2.75) is 52.9 Å². The van der Waals surface area contributed by atoms with Gasteiger partial charge in [0.1, 0.15) is 5.78 Å².